The first-order chi connectivity index (χ1) is 16.9. The van der Waals surface area contributed by atoms with E-state index in [0.29, 0.717) is 13.0 Å². The first kappa shape index (κ1) is 29.7. The third-order valence-electron chi connectivity index (χ3n) is 6.68. The lowest BCUT2D eigenvalue weighted by Crippen LogP contribution is -2.56. The van der Waals surface area contributed by atoms with Crippen LogP contribution in [0.2, 0.25) is 0 Å². The molecule has 0 aliphatic heterocycles. The van der Waals surface area contributed by atoms with Crippen molar-refractivity contribution in [2.24, 2.45) is 5.92 Å². The van der Waals surface area contributed by atoms with E-state index in [2.05, 4.69) is 17.6 Å². The van der Waals surface area contributed by atoms with Gasteiger partial charge in [-0.15, -0.1) is 0 Å². The van der Waals surface area contributed by atoms with E-state index in [0.717, 1.165) is 48.8 Å². The zero-order valence-corrected chi connectivity index (χ0v) is 23.6. The Morgan fingerprint density at radius 1 is 1.11 bits per heavy atom. The highest BCUT2D eigenvalue weighted by molar-refractivity contribution is 5.93. The number of amides is 3. The molecule has 3 unspecified atom stereocenters. The number of nitrogens with zero attached hydrogens (tertiary/aromatic N) is 1. The van der Waals surface area contributed by atoms with E-state index in [9.17, 15) is 14.4 Å². The lowest BCUT2D eigenvalue weighted by atomic mass is 9.93. The molecule has 202 valence electrons. The Kier molecular flexibility index (Phi) is 10.8. The number of nitrogens with one attached hydrogen (secondary N) is 2. The lowest BCUT2D eigenvalue weighted by molar-refractivity contribution is -0.144. The zero-order chi connectivity index (χ0) is 27.0. The van der Waals surface area contributed by atoms with E-state index in [1.54, 1.807) is 25.7 Å². The normalized spacial score (nSPS) is 16.0. The minimum Gasteiger partial charge on any atom is -0.444 e. The average Bonchev–Trinajstić information content (AvgIpc) is 3.63. The fourth-order valence-electron chi connectivity index (χ4n) is 4.30. The maximum Gasteiger partial charge on any atom is 0.408 e. The van der Waals surface area contributed by atoms with Crippen LogP contribution in [0.4, 0.5) is 4.79 Å². The van der Waals surface area contributed by atoms with Gasteiger partial charge in [0.05, 0.1) is 0 Å². The third-order valence-corrected chi connectivity index (χ3v) is 6.68. The molecule has 1 aliphatic carbocycles. The number of hydrogen-bond donors (Lipinski definition) is 2. The van der Waals surface area contributed by atoms with Crippen LogP contribution in [0.1, 0.15) is 103 Å². The minimum absolute atomic E-state index is 0.0317. The third kappa shape index (κ3) is 8.52. The minimum atomic E-state index is -0.786. The molecule has 36 heavy (non-hydrogen) atoms. The number of ether oxygens (including phenoxy) is 1. The number of alkyl carbamates (subject to hydrolysis) is 1. The van der Waals surface area contributed by atoms with Gasteiger partial charge in [-0.05, 0) is 70.9 Å². The fraction of sp³-hybridized carbons (Fsp3) is 0.690. The Bertz CT molecular complexity index is 904. The van der Waals surface area contributed by atoms with Gasteiger partial charge in [-0.2, -0.15) is 0 Å². The van der Waals surface area contributed by atoms with Crippen LogP contribution in [-0.2, 0) is 14.3 Å². The van der Waals surface area contributed by atoms with Crippen molar-refractivity contribution in [3.05, 3.63) is 34.9 Å². The van der Waals surface area contributed by atoms with E-state index in [4.69, 9.17) is 4.74 Å². The molecule has 0 aromatic heterocycles. The summed E-state index contributed by atoms with van der Waals surface area (Å²) in [6.45, 7) is 16.0. The van der Waals surface area contributed by atoms with Gasteiger partial charge in [0.25, 0.3) is 0 Å². The van der Waals surface area contributed by atoms with Crippen molar-refractivity contribution < 1.29 is 19.1 Å². The molecule has 1 saturated carbocycles. The van der Waals surface area contributed by atoms with Gasteiger partial charge >= 0.3 is 6.09 Å². The van der Waals surface area contributed by atoms with Crippen molar-refractivity contribution in [1.29, 1.82) is 0 Å². The quantitative estimate of drug-likeness (QED) is 0.366. The summed E-state index contributed by atoms with van der Waals surface area (Å²) in [5.41, 5.74) is 2.16. The summed E-state index contributed by atoms with van der Waals surface area (Å²) in [6, 6.07) is 4.46. The first-order valence-corrected chi connectivity index (χ1v) is 13.6. The Labute approximate surface area is 217 Å². The number of benzene rings is 1. The van der Waals surface area contributed by atoms with Gasteiger partial charge in [0, 0.05) is 12.6 Å². The van der Waals surface area contributed by atoms with Crippen molar-refractivity contribution in [1.82, 2.24) is 15.5 Å². The highest BCUT2D eigenvalue weighted by Gasteiger charge is 2.45. The van der Waals surface area contributed by atoms with Crippen LogP contribution >= 0.6 is 0 Å². The van der Waals surface area contributed by atoms with Crippen LogP contribution in [-0.4, -0.2) is 47.0 Å². The molecule has 7 nitrogen and oxygen atoms in total. The van der Waals surface area contributed by atoms with Crippen molar-refractivity contribution >= 4 is 17.9 Å². The number of aryl methyl sites for hydroxylation is 2. The molecule has 0 spiro atoms. The molecule has 3 atom stereocenters. The van der Waals surface area contributed by atoms with Gasteiger partial charge < -0.3 is 20.3 Å². The van der Waals surface area contributed by atoms with E-state index < -0.39 is 23.8 Å². The van der Waals surface area contributed by atoms with Crippen LogP contribution in [0.15, 0.2) is 18.2 Å². The molecule has 3 amide bonds. The highest BCUT2D eigenvalue weighted by atomic mass is 16.6. The summed E-state index contributed by atoms with van der Waals surface area (Å²) in [6.07, 6.45) is 4.76. The van der Waals surface area contributed by atoms with Crippen LogP contribution in [0.5, 0.6) is 0 Å². The smallest absolute Gasteiger partial charge is 0.408 e. The molecule has 0 bridgehead atoms. The number of hydrogen-bond acceptors (Lipinski definition) is 4. The number of unbranched alkanes of at least 4 members (excludes halogenated alkanes) is 2. The molecule has 0 radical (unpaired) electrons. The summed E-state index contributed by atoms with van der Waals surface area (Å²) in [4.78, 5) is 42.3. The molecule has 2 rings (SSSR count). The largest absolute Gasteiger partial charge is 0.444 e. The summed E-state index contributed by atoms with van der Waals surface area (Å²) in [5.74, 6) is -0.523. The van der Waals surface area contributed by atoms with Crippen molar-refractivity contribution in [3.63, 3.8) is 0 Å². The van der Waals surface area contributed by atoms with Crippen LogP contribution in [0.25, 0.3) is 0 Å². The summed E-state index contributed by atoms with van der Waals surface area (Å²) < 4.78 is 5.47. The SMILES string of the molecule is CCCCCNC(=O)C(c1cc(C)ccc1C)N(C(=O)C(NC(=O)OC(C)(C)C)C(C)CC)C1CC1. The predicted molar refractivity (Wildman–Crippen MR) is 144 cm³/mol. The predicted octanol–water partition coefficient (Wildman–Crippen LogP) is 5.58. The van der Waals surface area contributed by atoms with Crippen LogP contribution in [0, 0.1) is 19.8 Å². The molecule has 7 heteroatoms. The maximum atomic E-state index is 14.2. The summed E-state index contributed by atoms with van der Waals surface area (Å²) in [7, 11) is 0. The molecule has 1 aromatic rings. The fourth-order valence-corrected chi connectivity index (χ4v) is 4.30. The van der Waals surface area contributed by atoms with Gasteiger partial charge in [0.15, 0.2) is 0 Å². The van der Waals surface area contributed by atoms with Crippen molar-refractivity contribution in [2.45, 2.75) is 118 Å². The van der Waals surface area contributed by atoms with Gasteiger partial charge in [0.2, 0.25) is 11.8 Å². The Morgan fingerprint density at radius 2 is 1.78 bits per heavy atom. The monoisotopic (exact) mass is 501 g/mol. The van der Waals surface area contributed by atoms with Crippen molar-refractivity contribution in [2.75, 3.05) is 6.54 Å². The average molecular weight is 502 g/mol. The Balaban J connectivity index is 2.46. The Morgan fingerprint density at radius 3 is 2.33 bits per heavy atom. The Hall–Kier alpha value is -2.57. The topological polar surface area (TPSA) is 87.7 Å². The zero-order valence-electron chi connectivity index (χ0n) is 23.6. The van der Waals surface area contributed by atoms with Crippen molar-refractivity contribution in [3.8, 4) is 0 Å². The maximum absolute atomic E-state index is 14.2. The van der Waals surface area contributed by atoms with E-state index in [-0.39, 0.29) is 23.8 Å². The van der Waals surface area contributed by atoms with Gasteiger partial charge in [-0.3, -0.25) is 9.59 Å². The molecule has 1 fully saturated rings. The van der Waals surface area contributed by atoms with Gasteiger partial charge in [-0.25, -0.2) is 4.79 Å². The highest BCUT2D eigenvalue weighted by Crippen LogP contribution is 2.37. The van der Waals surface area contributed by atoms with Crippen LogP contribution in [0.3, 0.4) is 0 Å². The standard InChI is InChI=1S/C29H47N3O4/c1-9-11-12-17-30-26(33)25(23-18-19(3)13-14-21(23)5)32(22-15-16-22)27(34)24(20(4)10-2)31-28(35)36-29(6,7)8/h13-14,18,20,22,24-25H,9-12,15-17H2,1-8H3,(H,30,33)(H,31,35). The second-order valence-corrected chi connectivity index (χ2v) is 11.2. The number of carbonyl (C=O) groups excluding carboxylic acids is 3. The molecular weight excluding hydrogens is 454 g/mol. The van der Waals surface area contributed by atoms with E-state index in [1.165, 1.54) is 0 Å². The summed E-state index contributed by atoms with van der Waals surface area (Å²) >= 11 is 0. The van der Waals surface area contributed by atoms with Gasteiger partial charge in [0.1, 0.15) is 17.7 Å². The molecule has 1 aromatic carbocycles. The van der Waals surface area contributed by atoms with E-state index in [1.807, 2.05) is 45.9 Å². The molecule has 0 heterocycles. The number of carbonyl (C=O) groups is 3. The van der Waals surface area contributed by atoms with Crippen LogP contribution < -0.4 is 10.6 Å². The lowest BCUT2D eigenvalue weighted by Gasteiger charge is -2.37. The molecular formula is C29H47N3O4. The molecule has 1 aliphatic rings. The summed E-state index contributed by atoms with van der Waals surface area (Å²) in [5, 5.41) is 5.92. The van der Waals surface area contributed by atoms with E-state index >= 15 is 0 Å². The number of rotatable bonds is 12. The second-order valence-electron chi connectivity index (χ2n) is 11.2. The molecule has 0 saturated heterocycles. The van der Waals surface area contributed by atoms with Gasteiger partial charge in [-0.1, -0.05) is 63.8 Å². The molecule has 2 N–H and O–H groups in total. The second kappa shape index (κ2) is 13.1. The first-order valence-electron chi connectivity index (χ1n) is 13.6.